The third-order valence-electron chi connectivity index (χ3n) is 7.33. The maximum Gasteiger partial charge on any atom is 0.241 e. The molecule has 2 aromatic carbocycles. The van der Waals surface area contributed by atoms with Crippen LogP contribution in [0.25, 0.3) is 0 Å². The molecule has 33 heavy (non-hydrogen) atoms. The van der Waals surface area contributed by atoms with Gasteiger partial charge in [-0.1, -0.05) is 48.0 Å². The van der Waals surface area contributed by atoms with Crippen LogP contribution in [0.15, 0.2) is 60.2 Å². The van der Waals surface area contributed by atoms with Crippen molar-refractivity contribution in [3.8, 4) is 0 Å². The van der Waals surface area contributed by atoms with E-state index in [1.54, 1.807) is 12.1 Å². The second-order valence-electron chi connectivity index (χ2n) is 9.36. The van der Waals surface area contributed by atoms with Crippen LogP contribution in [-0.2, 0) is 19.2 Å². The van der Waals surface area contributed by atoms with Crippen molar-refractivity contribution in [2.24, 2.45) is 23.7 Å². The Kier molecular flexibility index (Phi) is 5.04. The second kappa shape index (κ2) is 7.80. The summed E-state index contributed by atoms with van der Waals surface area (Å²) >= 11 is 0. The van der Waals surface area contributed by atoms with Crippen molar-refractivity contribution in [2.75, 3.05) is 9.80 Å². The number of allylic oxidation sites excluding steroid dienone is 1. The molecule has 0 saturated carbocycles. The van der Waals surface area contributed by atoms with E-state index in [1.165, 1.54) is 9.80 Å². The van der Waals surface area contributed by atoms with Gasteiger partial charge in [-0.2, -0.15) is 0 Å². The van der Waals surface area contributed by atoms with Gasteiger partial charge in [-0.25, -0.2) is 4.90 Å². The fourth-order valence-corrected chi connectivity index (χ4v) is 5.67. The van der Waals surface area contributed by atoms with Gasteiger partial charge in [0, 0.05) is 6.42 Å². The van der Waals surface area contributed by atoms with E-state index in [2.05, 4.69) is 0 Å². The molecule has 0 aromatic heterocycles. The molecular formula is C27H26N2O4. The summed E-state index contributed by atoms with van der Waals surface area (Å²) in [4.78, 5) is 55.5. The van der Waals surface area contributed by atoms with Gasteiger partial charge in [-0.15, -0.1) is 0 Å². The van der Waals surface area contributed by atoms with Gasteiger partial charge >= 0.3 is 0 Å². The highest BCUT2D eigenvalue weighted by molar-refractivity contribution is 6.24. The standard InChI is InChI=1S/C27H26N2O4/c1-15-8-4-6-10-21(15)28-23(30)14-19(25(28)31)18-12-17(3)24-20(13-18)26(32)29(27(24)33)22-11-7-5-9-16(22)2/h4-12,18-20,24H,13-14H2,1-3H3/t18-,19-,20+,24+/m0/s1. The van der Waals surface area contributed by atoms with Crippen molar-refractivity contribution in [3.63, 3.8) is 0 Å². The van der Waals surface area contributed by atoms with Crippen LogP contribution in [0, 0.1) is 37.5 Å². The van der Waals surface area contributed by atoms with E-state index in [0.717, 1.165) is 16.7 Å². The number of rotatable bonds is 3. The van der Waals surface area contributed by atoms with Gasteiger partial charge in [0.25, 0.3) is 0 Å². The SMILES string of the molecule is CC1=C[C@H]([C@@H]2CC(=O)N(c3ccccc3C)C2=O)C[C@H]2C(=O)N(c3ccccc3C)C(=O)[C@H]12. The highest BCUT2D eigenvalue weighted by Crippen LogP contribution is 2.46. The Morgan fingerprint density at radius 2 is 1.24 bits per heavy atom. The molecule has 0 bridgehead atoms. The normalized spacial score (nSPS) is 27.3. The van der Waals surface area contributed by atoms with Gasteiger partial charge in [0.05, 0.1) is 29.1 Å². The minimum absolute atomic E-state index is 0.114. The lowest BCUT2D eigenvalue weighted by atomic mass is 9.71. The Bertz CT molecular complexity index is 1230. The predicted octanol–water partition coefficient (Wildman–Crippen LogP) is 3.95. The lowest BCUT2D eigenvalue weighted by Gasteiger charge is -2.30. The Labute approximate surface area is 192 Å². The molecule has 2 heterocycles. The zero-order valence-electron chi connectivity index (χ0n) is 18.9. The highest BCUT2D eigenvalue weighted by atomic mass is 16.2. The van der Waals surface area contributed by atoms with Crippen LogP contribution in [0.3, 0.4) is 0 Å². The lowest BCUT2D eigenvalue weighted by Crippen LogP contribution is -2.35. The first-order valence-corrected chi connectivity index (χ1v) is 11.3. The van der Waals surface area contributed by atoms with Gasteiger partial charge < -0.3 is 0 Å². The van der Waals surface area contributed by atoms with Crippen molar-refractivity contribution in [2.45, 2.75) is 33.6 Å². The van der Waals surface area contributed by atoms with Crippen LogP contribution in [-0.4, -0.2) is 23.6 Å². The van der Waals surface area contributed by atoms with Gasteiger partial charge in [-0.3, -0.25) is 24.1 Å². The largest absolute Gasteiger partial charge is 0.274 e. The summed E-state index contributed by atoms with van der Waals surface area (Å²) in [5.41, 5.74) is 3.76. The molecular weight excluding hydrogens is 416 g/mol. The Morgan fingerprint density at radius 1 is 0.697 bits per heavy atom. The fraction of sp³-hybridized carbons (Fsp3) is 0.333. The fourth-order valence-electron chi connectivity index (χ4n) is 5.67. The summed E-state index contributed by atoms with van der Waals surface area (Å²) in [5, 5.41) is 0. The number of amides is 4. The summed E-state index contributed by atoms with van der Waals surface area (Å²) in [6.07, 6.45) is 2.45. The van der Waals surface area contributed by atoms with Crippen LogP contribution in [0.5, 0.6) is 0 Å². The minimum atomic E-state index is -0.525. The Hall–Kier alpha value is -3.54. The summed E-state index contributed by atoms with van der Waals surface area (Å²) < 4.78 is 0. The van der Waals surface area contributed by atoms with Gasteiger partial charge in [0.1, 0.15) is 0 Å². The summed E-state index contributed by atoms with van der Waals surface area (Å²) in [5.74, 6) is -2.67. The number of benzene rings is 2. The highest BCUT2D eigenvalue weighted by Gasteiger charge is 2.54. The average Bonchev–Trinajstić information content (AvgIpc) is 3.22. The maximum absolute atomic E-state index is 13.4. The van der Waals surface area contributed by atoms with E-state index in [-0.39, 0.29) is 36.0 Å². The van der Waals surface area contributed by atoms with Gasteiger partial charge in [0.15, 0.2) is 0 Å². The van der Waals surface area contributed by atoms with E-state index in [1.807, 2.05) is 63.2 Å². The predicted molar refractivity (Wildman–Crippen MR) is 124 cm³/mol. The number of carbonyl (C=O) groups is 4. The molecule has 0 N–H and O–H groups in total. The minimum Gasteiger partial charge on any atom is -0.274 e. The number of hydrogen-bond acceptors (Lipinski definition) is 4. The summed E-state index contributed by atoms with van der Waals surface area (Å²) in [7, 11) is 0. The van der Waals surface area contributed by atoms with Crippen LogP contribution in [0.4, 0.5) is 11.4 Å². The molecule has 0 spiro atoms. The van der Waals surface area contributed by atoms with Crippen molar-refractivity contribution in [1.29, 1.82) is 0 Å². The summed E-state index contributed by atoms with van der Waals surface area (Å²) in [6, 6.07) is 14.7. The number of fused-ring (bicyclic) bond motifs is 1. The maximum atomic E-state index is 13.4. The van der Waals surface area contributed by atoms with E-state index >= 15 is 0 Å². The molecule has 4 amide bonds. The molecule has 2 fully saturated rings. The molecule has 2 saturated heterocycles. The Morgan fingerprint density at radius 3 is 1.85 bits per heavy atom. The smallest absolute Gasteiger partial charge is 0.241 e. The van der Waals surface area contributed by atoms with E-state index in [9.17, 15) is 19.2 Å². The third-order valence-corrected chi connectivity index (χ3v) is 7.33. The first-order valence-electron chi connectivity index (χ1n) is 11.3. The zero-order valence-corrected chi connectivity index (χ0v) is 18.9. The van der Waals surface area contributed by atoms with Crippen molar-refractivity contribution >= 4 is 35.0 Å². The topological polar surface area (TPSA) is 74.8 Å². The molecule has 0 unspecified atom stereocenters. The molecule has 2 aliphatic heterocycles. The van der Waals surface area contributed by atoms with Gasteiger partial charge in [-0.05, 0) is 56.4 Å². The van der Waals surface area contributed by atoms with Crippen LogP contribution in [0.2, 0.25) is 0 Å². The zero-order chi connectivity index (χ0) is 23.4. The monoisotopic (exact) mass is 442 g/mol. The molecule has 2 aromatic rings. The molecule has 3 aliphatic rings. The quantitative estimate of drug-likeness (QED) is 0.533. The van der Waals surface area contributed by atoms with Crippen LogP contribution < -0.4 is 9.80 Å². The number of carbonyl (C=O) groups excluding carboxylic acids is 4. The number of nitrogens with zero attached hydrogens (tertiary/aromatic N) is 2. The lowest BCUT2D eigenvalue weighted by molar-refractivity contribution is -0.125. The number of imide groups is 2. The molecule has 0 radical (unpaired) electrons. The first kappa shape index (κ1) is 21.3. The first-order chi connectivity index (χ1) is 15.8. The van der Waals surface area contributed by atoms with Crippen molar-refractivity contribution in [1.82, 2.24) is 0 Å². The Balaban J connectivity index is 1.44. The van der Waals surface area contributed by atoms with E-state index < -0.39 is 17.8 Å². The van der Waals surface area contributed by atoms with Crippen molar-refractivity contribution in [3.05, 3.63) is 71.3 Å². The van der Waals surface area contributed by atoms with Crippen LogP contribution >= 0.6 is 0 Å². The average molecular weight is 443 g/mol. The van der Waals surface area contributed by atoms with Gasteiger partial charge in [0.2, 0.25) is 23.6 Å². The molecule has 4 atom stereocenters. The number of para-hydroxylation sites is 2. The summed E-state index contributed by atoms with van der Waals surface area (Å²) in [6.45, 7) is 5.62. The number of hydrogen-bond donors (Lipinski definition) is 0. The molecule has 5 rings (SSSR count). The molecule has 168 valence electrons. The molecule has 6 nitrogen and oxygen atoms in total. The molecule has 6 heteroatoms. The number of aryl methyl sites for hydroxylation is 2. The van der Waals surface area contributed by atoms with Crippen molar-refractivity contribution < 1.29 is 19.2 Å². The third kappa shape index (κ3) is 3.24. The molecule has 1 aliphatic carbocycles. The van der Waals surface area contributed by atoms with E-state index in [0.29, 0.717) is 17.8 Å². The number of anilines is 2. The van der Waals surface area contributed by atoms with Crippen LogP contribution in [0.1, 0.15) is 30.9 Å². The van der Waals surface area contributed by atoms with E-state index in [4.69, 9.17) is 0 Å². The second-order valence-corrected chi connectivity index (χ2v) is 9.36.